The Bertz CT molecular complexity index is 792. The van der Waals surface area contributed by atoms with Crippen molar-refractivity contribution in [1.82, 2.24) is 9.88 Å². The molecule has 0 spiro atoms. The van der Waals surface area contributed by atoms with Gasteiger partial charge in [0.15, 0.2) is 0 Å². The van der Waals surface area contributed by atoms with Crippen LogP contribution in [0.15, 0.2) is 36.5 Å². The number of likely N-dealkylation sites (tertiary alicyclic amines) is 1. The monoisotopic (exact) mass is 382 g/mol. The van der Waals surface area contributed by atoms with Crippen molar-refractivity contribution in [2.24, 2.45) is 0 Å². The summed E-state index contributed by atoms with van der Waals surface area (Å²) in [7, 11) is 0. The predicted octanol–water partition coefficient (Wildman–Crippen LogP) is 3.58. The van der Waals surface area contributed by atoms with Gasteiger partial charge in [0.1, 0.15) is 0 Å². The number of amides is 1. The summed E-state index contributed by atoms with van der Waals surface area (Å²) in [5, 5.41) is 11.7. The van der Waals surface area contributed by atoms with Crippen molar-refractivity contribution >= 4 is 29.1 Å². The fraction of sp³-hybridized carbons (Fsp3) is 0.333. The first kappa shape index (κ1) is 18.1. The van der Waals surface area contributed by atoms with E-state index in [-0.39, 0.29) is 30.7 Å². The number of aliphatic hydroxyl groups is 1. The molecule has 1 saturated heterocycles. The molecule has 7 heteroatoms. The summed E-state index contributed by atoms with van der Waals surface area (Å²) in [6, 6.07) is 8.15. The largest absolute Gasteiger partial charge is 0.385 e. The molecular formula is C18H17Cl2FN2O2. The van der Waals surface area contributed by atoms with Crippen molar-refractivity contribution in [1.29, 1.82) is 0 Å². The zero-order valence-electron chi connectivity index (χ0n) is 13.4. The second kappa shape index (κ2) is 7.28. The summed E-state index contributed by atoms with van der Waals surface area (Å²) < 4.78 is 13.9. The van der Waals surface area contributed by atoms with Crippen LogP contribution in [0.2, 0.25) is 10.0 Å². The lowest BCUT2D eigenvalue weighted by molar-refractivity contribution is -0.135. The zero-order valence-corrected chi connectivity index (χ0v) is 14.9. The van der Waals surface area contributed by atoms with Crippen LogP contribution in [0.3, 0.4) is 0 Å². The lowest BCUT2D eigenvalue weighted by Crippen LogP contribution is -2.46. The summed E-state index contributed by atoms with van der Waals surface area (Å²) >= 11 is 12.0. The van der Waals surface area contributed by atoms with Gasteiger partial charge in [0.05, 0.1) is 12.0 Å². The molecule has 1 aliphatic rings. The first-order valence-corrected chi connectivity index (χ1v) is 8.70. The standard InChI is InChI=1S/C18H17Cl2FN2O2/c19-13-4-3-12(15(20)11-13)10-16(24)23-8-5-18(25,6-9-23)14-2-1-7-22-17(14)21/h1-4,7,11,25H,5-6,8-10H2. The van der Waals surface area contributed by atoms with E-state index in [4.69, 9.17) is 23.2 Å². The first-order chi connectivity index (χ1) is 11.9. The highest BCUT2D eigenvalue weighted by Gasteiger charge is 2.37. The molecule has 4 nitrogen and oxygen atoms in total. The quantitative estimate of drug-likeness (QED) is 0.825. The fourth-order valence-electron chi connectivity index (χ4n) is 3.07. The third kappa shape index (κ3) is 3.94. The van der Waals surface area contributed by atoms with Gasteiger partial charge in [-0.2, -0.15) is 4.39 Å². The first-order valence-electron chi connectivity index (χ1n) is 7.94. The molecule has 0 bridgehead atoms. The molecule has 0 aliphatic carbocycles. The third-order valence-corrected chi connectivity index (χ3v) is 5.15. The number of hydrogen-bond acceptors (Lipinski definition) is 3. The van der Waals surface area contributed by atoms with Crippen LogP contribution in [-0.4, -0.2) is 34.0 Å². The SMILES string of the molecule is O=C(Cc1ccc(Cl)cc1Cl)N1CCC(O)(c2cccnc2F)CC1. The van der Waals surface area contributed by atoms with Crippen molar-refractivity contribution in [3.63, 3.8) is 0 Å². The molecule has 0 atom stereocenters. The summed E-state index contributed by atoms with van der Waals surface area (Å²) in [6.45, 7) is 0.684. The lowest BCUT2D eigenvalue weighted by atomic mass is 9.85. The highest BCUT2D eigenvalue weighted by atomic mass is 35.5. The molecule has 132 valence electrons. The van der Waals surface area contributed by atoms with Crippen LogP contribution < -0.4 is 0 Å². The smallest absolute Gasteiger partial charge is 0.227 e. The van der Waals surface area contributed by atoms with E-state index in [0.717, 1.165) is 0 Å². The average molecular weight is 383 g/mol. The van der Waals surface area contributed by atoms with Gasteiger partial charge in [-0.25, -0.2) is 4.98 Å². The molecule has 1 aliphatic heterocycles. The van der Waals surface area contributed by atoms with Crippen molar-refractivity contribution in [3.8, 4) is 0 Å². The van der Waals surface area contributed by atoms with Crippen molar-refractivity contribution in [3.05, 3.63) is 63.6 Å². The summed E-state index contributed by atoms with van der Waals surface area (Å²) in [4.78, 5) is 17.7. The lowest BCUT2D eigenvalue weighted by Gasteiger charge is -2.38. The number of piperidine rings is 1. The van der Waals surface area contributed by atoms with Gasteiger partial charge in [-0.3, -0.25) is 4.79 Å². The molecule has 0 radical (unpaired) electrons. The van der Waals surface area contributed by atoms with Gasteiger partial charge >= 0.3 is 0 Å². The summed E-state index contributed by atoms with van der Waals surface area (Å²) in [5.41, 5.74) is -0.411. The van der Waals surface area contributed by atoms with Gasteiger partial charge in [-0.15, -0.1) is 0 Å². The molecule has 1 amide bonds. The number of halogens is 3. The van der Waals surface area contributed by atoms with Crippen LogP contribution in [-0.2, 0) is 16.8 Å². The summed E-state index contributed by atoms with van der Waals surface area (Å²) in [6.07, 6.45) is 2.03. The molecule has 1 aromatic carbocycles. The van der Waals surface area contributed by atoms with Crippen LogP contribution >= 0.6 is 23.2 Å². The summed E-state index contributed by atoms with van der Waals surface area (Å²) in [5.74, 6) is -0.754. The van der Waals surface area contributed by atoms with Crippen molar-refractivity contribution < 1.29 is 14.3 Å². The normalized spacial score (nSPS) is 16.7. The van der Waals surface area contributed by atoms with E-state index >= 15 is 0 Å². The van der Waals surface area contributed by atoms with Crippen LogP contribution in [0.1, 0.15) is 24.0 Å². The minimum absolute atomic E-state index is 0.0852. The van der Waals surface area contributed by atoms with E-state index < -0.39 is 11.5 Å². The van der Waals surface area contributed by atoms with E-state index in [0.29, 0.717) is 28.7 Å². The molecule has 2 heterocycles. The molecular weight excluding hydrogens is 366 g/mol. The maximum atomic E-state index is 13.9. The molecule has 0 saturated carbocycles. The molecule has 25 heavy (non-hydrogen) atoms. The number of hydrogen-bond donors (Lipinski definition) is 1. The Morgan fingerprint density at radius 2 is 2.00 bits per heavy atom. The van der Waals surface area contributed by atoms with E-state index in [1.54, 1.807) is 29.2 Å². The number of aromatic nitrogens is 1. The molecule has 3 rings (SSSR count). The maximum Gasteiger partial charge on any atom is 0.227 e. The second-order valence-corrected chi connectivity index (χ2v) is 7.01. The minimum Gasteiger partial charge on any atom is -0.385 e. The van der Waals surface area contributed by atoms with Gasteiger partial charge in [0, 0.05) is 34.9 Å². The van der Waals surface area contributed by atoms with Crippen LogP contribution in [0, 0.1) is 5.95 Å². The Balaban J connectivity index is 1.65. The zero-order chi connectivity index (χ0) is 18.0. The molecule has 1 fully saturated rings. The highest BCUT2D eigenvalue weighted by Crippen LogP contribution is 2.34. The van der Waals surface area contributed by atoms with Gasteiger partial charge in [-0.1, -0.05) is 35.3 Å². The average Bonchev–Trinajstić information content (AvgIpc) is 2.58. The second-order valence-electron chi connectivity index (χ2n) is 6.17. The number of pyridine rings is 1. The Kier molecular flexibility index (Phi) is 5.27. The number of benzene rings is 1. The fourth-order valence-corrected chi connectivity index (χ4v) is 3.54. The van der Waals surface area contributed by atoms with Gasteiger partial charge < -0.3 is 10.0 Å². The Hall–Kier alpha value is -1.69. The Morgan fingerprint density at radius 3 is 2.64 bits per heavy atom. The van der Waals surface area contributed by atoms with E-state index in [1.807, 2.05) is 0 Å². The molecule has 1 aromatic heterocycles. The Labute approximate surface area is 155 Å². The van der Waals surface area contributed by atoms with Gasteiger partial charge in [0.2, 0.25) is 11.9 Å². The van der Waals surface area contributed by atoms with Crippen LogP contribution in [0.4, 0.5) is 4.39 Å². The maximum absolute atomic E-state index is 13.9. The Morgan fingerprint density at radius 1 is 1.28 bits per heavy atom. The van der Waals surface area contributed by atoms with Crippen molar-refractivity contribution in [2.45, 2.75) is 24.9 Å². The number of carbonyl (C=O) groups is 1. The molecule has 2 aromatic rings. The van der Waals surface area contributed by atoms with Crippen LogP contribution in [0.25, 0.3) is 0 Å². The van der Waals surface area contributed by atoms with E-state index in [2.05, 4.69) is 4.98 Å². The van der Waals surface area contributed by atoms with Gasteiger partial charge in [-0.05, 0) is 36.6 Å². The van der Waals surface area contributed by atoms with Crippen LogP contribution in [0.5, 0.6) is 0 Å². The third-order valence-electron chi connectivity index (χ3n) is 4.56. The minimum atomic E-state index is -1.30. The highest BCUT2D eigenvalue weighted by molar-refractivity contribution is 6.35. The topological polar surface area (TPSA) is 53.4 Å². The van der Waals surface area contributed by atoms with Crippen molar-refractivity contribution in [2.75, 3.05) is 13.1 Å². The van der Waals surface area contributed by atoms with E-state index in [1.165, 1.54) is 12.3 Å². The number of carbonyl (C=O) groups excluding carboxylic acids is 1. The molecule has 1 N–H and O–H groups in total. The van der Waals surface area contributed by atoms with E-state index in [9.17, 15) is 14.3 Å². The van der Waals surface area contributed by atoms with Gasteiger partial charge in [0.25, 0.3) is 0 Å². The number of nitrogens with zero attached hydrogens (tertiary/aromatic N) is 2. The predicted molar refractivity (Wildman–Crippen MR) is 94.1 cm³/mol. The number of rotatable bonds is 3. The molecule has 0 unspecified atom stereocenters.